The van der Waals surface area contributed by atoms with Crippen molar-refractivity contribution in [3.8, 4) is 11.5 Å². The smallest absolute Gasteiger partial charge is 0.237 e. The number of benzene rings is 2. The van der Waals surface area contributed by atoms with Gasteiger partial charge in [-0.3, -0.25) is 9.59 Å². The molecule has 1 amide bonds. The van der Waals surface area contributed by atoms with Crippen LogP contribution in [0.3, 0.4) is 0 Å². The molecule has 32 heavy (non-hydrogen) atoms. The highest BCUT2D eigenvalue weighted by atomic mass is 32.2. The number of hydrogen-bond donors (Lipinski definition) is 1. The van der Waals surface area contributed by atoms with Crippen molar-refractivity contribution in [3.63, 3.8) is 0 Å². The van der Waals surface area contributed by atoms with Gasteiger partial charge in [-0.25, -0.2) is 0 Å². The van der Waals surface area contributed by atoms with Crippen molar-refractivity contribution in [2.24, 2.45) is 0 Å². The van der Waals surface area contributed by atoms with E-state index in [0.29, 0.717) is 40.3 Å². The Bertz CT molecular complexity index is 1080. The zero-order valence-corrected chi connectivity index (χ0v) is 19.3. The van der Waals surface area contributed by atoms with Gasteiger partial charge in [-0.05, 0) is 57.2 Å². The molecule has 0 fully saturated rings. The average Bonchev–Trinajstić information content (AvgIpc) is 3.19. The van der Waals surface area contributed by atoms with E-state index in [9.17, 15) is 9.59 Å². The minimum Gasteiger partial charge on any atom is -0.497 e. The summed E-state index contributed by atoms with van der Waals surface area (Å²) in [6, 6.07) is 14.2. The highest BCUT2D eigenvalue weighted by Crippen LogP contribution is 2.25. The molecule has 3 rings (SSSR count). The molecule has 0 aliphatic rings. The maximum atomic E-state index is 12.6. The predicted molar refractivity (Wildman–Crippen MR) is 123 cm³/mol. The molecule has 0 aliphatic carbocycles. The van der Waals surface area contributed by atoms with Gasteiger partial charge in [0.2, 0.25) is 5.91 Å². The van der Waals surface area contributed by atoms with Crippen LogP contribution >= 0.6 is 11.8 Å². The zero-order valence-electron chi connectivity index (χ0n) is 18.5. The second-order valence-electron chi connectivity index (χ2n) is 6.99. The molecule has 1 N–H and O–H groups in total. The SMILES string of the molecule is CCn1c(COc2cccc(OC)c2)nnc1S[C@H](C)C(=O)Nc1ccc(C(C)=O)cc1. The third kappa shape index (κ3) is 5.88. The molecule has 1 aromatic heterocycles. The van der Waals surface area contributed by atoms with Crippen LogP contribution in [-0.2, 0) is 17.9 Å². The molecule has 3 aromatic rings. The number of methoxy groups -OCH3 is 1. The van der Waals surface area contributed by atoms with Crippen molar-refractivity contribution in [3.05, 3.63) is 59.9 Å². The Labute approximate surface area is 191 Å². The van der Waals surface area contributed by atoms with Crippen molar-refractivity contribution in [1.82, 2.24) is 14.8 Å². The van der Waals surface area contributed by atoms with E-state index in [1.165, 1.54) is 18.7 Å². The number of ketones is 1. The molecule has 0 spiro atoms. The summed E-state index contributed by atoms with van der Waals surface area (Å²) in [6.45, 7) is 6.20. The molecule has 0 saturated carbocycles. The standard InChI is InChI=1S/C23H26N4O4S/c1-5-27-21(14-31-20-8-6-7-19(13-20)30-4)25-26-23(27)32-16(3)22(29)24-18-11-9-17(10-12-18)15(2)28/h6-13,16H,5,14H2,1-4H3,(H,24,29)/t16-/m1/s1. The van der Waals surface area contributed by atoms with E-state index in [2.05, 4.69) is 15.5 Å². The van der Waals surface area contributed by atoms with Crippen LogP contribution in [0.25, 0.3) is 0 Å². The van der Waals surface area contributed by atoms with Gasteiger partial charge in [-0.15, -0.1) is 10.2 Å². The van der Waals surface area contributed by atoms with Crippen LogP contribution in [0.4, 0.5) is 5.69 Å². The van der Waals surface area contributed by atoms with Crippen LogP contribution in [0.1, 0.15) is 37.0 Å². The summed E-state index contributed by atoms with van der Waals surface area (Å²) in [5, 5.41) is 11.6. The van der Waals surface area contributed by atoms with Crippen molar-refractivity contribution in [1.29, 1.82) is 0 Å². The normalized spacial score (nSPS) is 11.6. The maximum absolute atomic E-state index is 12.6. The predicted octanol–water partition coefficient (Wildman–Crippen LogP) is 4.21. The van der Waals surface area contributed by atoms with Gasteiger partial charge in [0.15, 0.2) is 16.8 Å². The highest BCUT2D eigenvalue weighted by molar-refractivity contribution is 8.00. The third-order valence-corrected chi connectivity index (χ3v) is 5.81. The van der Waals surface area contributed by atoms with Gasteiger partial charge in [0.05, 0.1) is 12.4 Å². The summed E-state index contributed by atoms with van der Waals surface area (Å²) < 4.78 is 13.0. The van der Waals surface area contributed by atoms with E-state index in [-0.39, 0.29) is 18.3 Å². The lowest BCUT2D eigenvalue weighted by molar-refractivity contribution is -0.115. The molecule has 1 heterocycles. The Morgan fingerprint density at radius 3 is 2.50 bits per heavy atom. The number of nitrogens with zero attached hydrogens (tertiary/aromatic N) is 3. The molecule has 0 saturated heterocycles. The molecule has 0 radical (unpaired) electrons. The van der Waals surface area contributed by atoms with Crippen molar-refractivity contribution >= 4 is 29.1 Å². The van der Waals surface area contributed by atoms with E-state index in [0.717, 1.165) is 0 Å². The third-order valence-electron chi connectivity index (χ3n) is 4.73. The average molecular weight is 455 g/mol. The number of thioether (sulfide) groups is 1. The number of amides is 1. The van der Waals surface area contributed by atoms with Crippen molar-refractivity contribution < 1.29 is 19.1 Å². The number of rotatable bonds is 10. The lowest BCUT2D eigenvalue weighted by Gasteiger charge is -2.13. The molecule has 0 unspecified atom stereocenters. The summed E-state index contributed by atoms with van der Waals surface area (Å²) in [7, 11) is 1.61. The molecule has 0 bridgehead atoms. The van der Waals surface area contributed by atoms with Crippen LogP contribution in [0.15, 0.2) is 53.7 Å². The Hall–Kier alpha value is -3.33. The number of ether oxygens (including phenoxy) is 2. The summed E-state index contributed by atoms with van der Waals surface area (Å²) in [5.41, 5.74) is 1.24. The molecule has 2 aromatic carbocycles. The van der Waals surface area contributed by atoms with E-state index >= 15 is 0 Å². The Balaban J connectivity index is 1.61. The molecule has 168 valence electrons. The second-order valence-corrected chi connectivity index (χ2v) is 8.30. The van der Waals surface area contributed by atoms with Crippen molar-refractivity contribution in [2.45, 2.75) is 44.3 Å². The summed E-state index contributed by atoms with van der Waals surface area (Å²) in [5.74, 6) is 1.88. The number of nitrogens with one attached hydrogen (secondary N) is 1. The molecule has 0 aliphatic heterocycles. The first-order valence-electron chi connectivity index (χ1n) is 10.2. The number of carbonyl (C=O) groups is 2. The molecule has 1 atom stereocenters. The van der Waals surface area contributed by atoms with Gasteiger partial charge >= 0.3 is 0 Å². The van der Waals surface area contributed by atoms with E-state index < -0.39 is 5.25 Å². The quantitative estimate of drug-likeness (QED) is 0.362. The molecular weight excluding hydrogens is 428 g/mol. The monoisotopic (exact) mass is 454 g/mol. The largest absolute Gasteiger partial charge is 0.497 e. The fraction of sp³-hybridized carbons (Fsp3) is 0.304. The summed E-state index contributed by atoms with van der Waals surface area (Å²) >= 11 is 1.33. The first kappa shape index (κ1) is 23.3. The lowest BCUT2D eigenvalue weighted by Crippen LogP contribution is -2.23. The van der Waals surface area contributed by atoms with Crippen molar-refractivity contribution in [2.75, 3.05) is 12.4 Å². The van der Waals surface area contributed by atoms with Crippen LogP contribution < -0.4 is 14.8 Å². The summed E-state index contributed by atoms with van der Waals surface area (Å²) in [6.07, 6.45) is 0. The minimum atomic E-state index is -0.399. The van der Waals surface area contributed by atoms with E-state index in [1.54, 1.807) is 37.4 Å². The highest BCUT2D eigenvalue weighted by Gasteiger charge is 2.20. The fourth-order valence-corrected chi connectivity index (χ4v) is 3.85. The number of hydrogen-bond acceptors (Lipinski definition) is 7. The van der Waals surface area contributed by atoms with Crippen LogP contribution in [-0.4, -0.2) is 38.8 Å². The number of Topliss-reactive ketones (excluding diaryl/α,β-unsaturated/α-hetero) is 1. The van der Waals surface area contributed by atoms with Gasteiger partial charge in [-0.1, -0.05) is 17.8 Å². The van der Waals surface area contributed by atoms with Gasteiger partial charge < -0.3 is 19.4 Å². The van der Waals surface area contributed by atoms with Gasteiger partial charge in [0.25, 0.3) is 0 Å². The van der Waals surface area contributed by atoms with Crippen LogP contribution in [0.5, 0.6) is 11.5 Å². The van der Waals surface area contributed by atoms with E-state index in [1.807, 2.05) is 36.6 Å². The number of anilines is 1. The zero-order chi connectivity index (χ0) is 23.1. The van der Waals surface area contributed by atoms with Crippen LogP contribution in [0.2, 0.25) is 0 Å². The van der Waals surface area contributed by atoms with Crippen LogP contribution in [0, 0.1) is 0 Å². The van der Waals surface area contributed by atoms with E-state index in [4.69, 9.17) is 9.47 Å². The molecule has 9 heteroatoms. The Morgan fingerprint density at radius 1 is 1.12 bits per heavy atom. The lowest BCUT2D eigenvalue weighted by atomic mass is 10.1. The second kappa shape index (κ2) is 10.8. The molecular formula is C23H26N4O4S. The molecule has 8 nitrogen and oxygen atoms in total. The van der Waals surface area contributed by atoms with Gasteiger partial charge in [-0.2, -0.15) is 0 Å². The summed E-state index contributed by atoms with van der Waals surface area (Å²) in [4.78, 5) is 24.0. The maximum Gasteiger partial charge on any atom is 0.237 e. The topological polar surface area (TPSA) is 95.3 Å². The number of carbonyl (C=O) groups excluding carboxylic acids is 2. The first-order valence-corrected chi connectivity index (χ1v) is 11.1. The Kier molecular flexibility index (Phi) is 7.88. The van der Waals surface area contributed by atoms with Gasteiger partial charge in [0, 0.05) is 23.9 Å². The van der Waals surface area contributed by atoms with Gasteiger partial charge in [0.1, 0.15) is 18.1 Å². The first-order chi connectivity index (χ1) is 15.4. The minimum absolute atomic E-state index is 0.0168. The Morgan fingerprint density at radius 2 is 1.84 bits per heavy atom. The fourth-order valence-electron chi connectivity index (χ4n) is 2.91. The number of aromatic nitrogens is 3.